The Morgan fingerprint density at radius 1 is 1.14 bits per heavy atom. The van der Waals surface area contributed by atoms with Crippen LogP contribution in [0, 0.1) is 5.92 Å². The van der Waals surface area contributed by atoms with Crippen LogP contribution in [0.25, 0.3) is 0 Å². The van der Waals surface area contributed by atoms with E-state index in [0.29, 0.717) is 18.9 Å². The third kappa shape index (κ3) is 5.81. The van der Waals surface area contributed by atoms with E-state index in [-0.39, 0.29) is 12.0 Å². The quantitative estimate of drug-likeness (QED) is 0.541. The second-order valence-electron chi connectivity index (χ2n) is 5.68. The van der Waals surface area contributed by atoms with Gasteiger partial charge in [0, 0.05) is 26.7 Å². The SMILES string of the molecule is COC(=O)CCC1CCC(N(CC(OC)OC)C(N)=O)CC1. The highest BCUT2D eigenvalue weighted by Gasteiger charge is 2.29. The molecule has 22 heavy (non-hydrogen) atoms. The molecule has 1 fully saturated rings. The number of hydrogen-bond donors (Lipinski definition) is 1. The fourth-order valence-corrected chi connectivity index (χ4v) is 2.99. The van der Waals surface area contributed by atoms with Gasteiger partial charge in [-0.3, -0.25) is 4.79 Å². The standard InChI is InChI=1S/C15H28N2O5/c1-20-13(18)9-6-11-4-7-12(8-5-11)17(15(16)19)10-14(21-2)22-3/h11-12,14H,4-10H2,1-3H3,(H2,16,19). The molecule has 0 aliphatic heterocycles. The number of rotatable bonds is 8. The fourth-order valence-electron chi connectivity index (χ4n) is 2.99. The molecule has 7 nitrogen and oxygen atoms in total. The van der Waals surface area contributed by atoms with Gasteiger partial charge in [0.15, 0.2) is 6.29 Å². The number of amides is 2. The Balaban J connectivity index is 2.45. The zero-order valence-electron chi connectivity index (χ0n) is 13.7. The largest absolute Gasteiger partial charge is 0.469 e. The lowest BCUT2D eigenvalue weighted by atomic mass is 9.83. The summed E-state index contributed by atoms with van der Waals surface area (Å²) in [5.74, 6) is 0.342. The first-order valence-electron chi connectivity index (χ1n) is 7.70. The Hall–Kier alpha value is -1.34. The van der Waals surface area contributed by atoms with Crippen LogP contribution >= 0.6 is 0 Å². The topological polar surface area (TPSA) is 91.1 Å². The summed E-state index contributed by atoms with van der Waals surface area (Å²) in [6.07, 6.45) is 4.57. The summed E-state index contributed by atoms with van der Waals surface area (Å²) in [5.41, 5.74) is 5.49. The van der Waals surface area contributed by atoms with E-state index in [1.807, 2.05) is 0 Å². The molecule has 7 heteroatoms. The zero-order chi connectivity index (χ0) is 16.5. The van der Waals surface area contributed by atoms with E-state index in [4.69, 9.17) is 15.2 Å². The van der Waals surface area contributed by atoms with Gasteiger partial charge in [-0.1, -0.05) is 0 Å². The van der Waals surface area contributed by atoms with E-state index in [0.717, 1.165) is 32.1 Å². The maximum Gasteiger partial charge on any atom is 0.315 e. The molecule has 0 aromatic carbocycles. The normalized spacial score (nSPS) is 21.6. The van der Waals surface area contributed by atoms with Gasteiger partial charge in [-0.05, 0) is 38.0 Å². The molecule has 1 aliphatic carbocycles. The van der Waals surface area contributed by atoms with Gasteiger partial charge in [0.1, 0.15) is 0 Å². The van der Waals surface area contributed by atoms with Crippen LogP contribution in [-0.2, 0) is 19.0 Å². The fraction of sp³-hybridized carbons (Fsp3) is 0.867. The van der Waals surface area contributed by atoms with Crippen LogP contribution in [0.1, 0.15) is 38.5 Å². The van der Waals surface area contributed by atoms with Crippen molar-refractivity contribution in [3.05, 3.63) is 0 Å². The third-order valence-electron chi connectivity index (χ3n) is 4.40. The Morgan fingerprint density at radius 3 is 2.18 bits per heavy atom. The van der Waals surface area contributed by atoms with Crippen molar-refractivity contribution < 1.29 is 23.8 Å². The zero-order valence-corrected chi connectivity index (χ0v) is 13.7. The summed E-state index contributed by atoms with van der Waals surface area (Å²) in [5, 5.41) is 0. The Bertz CT molecular complexity index is 352. The smallest absolute Gasteiger partial charge is 0.315 e. The van der Waals surface area contributed by atoms with E-state index in [1.165, 1.54) is 21.3 Å². The Morgan fingerprint density at radius 2 is 1.73 bits per heavy atom. The first-order chi connectivity index (χ1) is 10.5. The number of methoxy groups -OCH3 is 3. The van der Waals surface area contributed by atoms with Crippen LogP contribution in [0.4, 0.5) is 4.79 Å². The number of nitrogens with two attached hydrogens (primary N) is 1. The van der Waals surface area contributed by atoms with Crippen LogP contribution in [0.5, 0.6) is 0 Å². The number of carbonyl (C=O) groups excluding carboxylic acids is 2. The summed E-state index contributed by atoms with van der Waals surface area (Å²) in [6.45, 7) is 0.333. The molecule has 0 atom stereocenters. The predicted molar refractivity (Wildman–Crippen MR) is 81.1 cm³/mol. The van der Waals surface area contributed by atoms with Crippen molar-refractivity contribution in [3.8, 4) is 0 Å². The molecule has 0 aromatic heterocycles. The van der Waals surface area contributed by atoms with Crippen molar-refractivity contribution in [2.75, 3.05) is 27.9 Å². The Labute approximate surface area is 132 Å². The number of ether oxygens (including phenoxy) is 3. The van der Waals surface area contributed by atoms with Gasteiger partial charge in [0.2, 0.25) is 0 Å². The molecular weight excluding hydrogens is 288 g/mol. The number of hydrogen-bond acceptors (Lipinski definition) is 5. The lowest BCUT2D eigenvalue weighted by molar-refractivity contribution is -0.141. The average Bonchev–Trinajstić information content (AvgIpc) is 2.54. The summed E-state index contributed by atoms with van der Waals surface area (Å²) >= 11 is 0. The molecule has 2 amide bonds. The second-order valence-corrected chi connectivity index (χ2v) is 5.68. The molecule has 128 valence electrons. The van der Waals surface area contributed by atoms with E-state index in [1.54, 1.807) is 4.90 Å². The molecule has 1 saturated carbocycles. The van der Waals surface area contributed by atoms with E-state index in [9.17, 15) is 9.59 Å². The van der Waals surface area contributed by atoms with Crippen molar-refractivity contribution in [2.45, 2.75) is 50.9 Å². The minimum absolute atomic E-state index is 0.111. The first-order valence-corrected chi connectivity index (χ1v) is 7.70. The van der Waals surface area contributed by atoms with E-state index >= 15 is 0 Å². The van der Waals surface area contributed by atoms with Gasteiger partial charge in [-0.25, -0.2) is 4.79 Å². The van der Waals surface area contributed by atoms with E-state index in [2.05, 4.69) is 4.74 Å². The number of carbonyl (C=O) groups is 2. The van der Waals surface area contributed by atoms with Crippen molar-refractivity contribution in [2.24, 2.45) is 11.7 Å². The van der Waals surface area contributed by atoms with Crippen molar-refractivity contribution in [1.82, 2.24) is 4.90 Å². The highest BCUT2D eigenvalue weighted by atomic mass is 16.7. The predicted octanol–water partition coefficient (Wildman–Crippen LogP) is 1.50. The number of esters is 1. The number of urea groups is 1. The highest BCUT2D eigenvalue weighted by molar-refractivity contribution is 5.72. The minimum atomic E-state index is -0.468. The highest BCUT2D eigenvalue weighted by Crippen LogP contribution is 2.30. The van der Waals surface area contributed by atoms with Crippen LogP contribution in [0.3, 0.4) is 0 Å². The minimum Gasteiger partial charge on any atom is -0.469 e. The molecule has 0 radical (unpaired) electrons. The summed E-state index contributed by atoms with van der Waals surface area (Å²) in [7, 11) is 4.49. The molecule has 0 unspecified atom stereocenters. The molecule has 0 heterocycles. The summed E-state index contributed by atoms with van der Waals surface area (Å²) in [4.78, 5) is 24.5. The number of nitrogens with zero attached hydrogens (tertiary/aromatic N) is 1. The third-order valence-corrected chi connectivity index (χ3v) is 4.40. The maximum absolute atomic E-state index is 11.7. The molecule has 1 rings (SSSR count). The molecule has 0 bridgehead atoms. The van der Waals surface area contributed by atoms with Crippen LogP contribution in [0.15, 0.2) is 0 Å². The average molecular weight is 316 g/mol. The monoisotopic (exact) mass is 316 g/mol. The van der Waals surface area contributed by atoms with Gasteiger partial charge < -0.3 is 24.8 Å². The van der Waals surface area contributed by atoms with Gasteiger partial charge in [-0.2, -0.15) is 0 Å². The van der Waals surface area contributed by atoms with Crippen LogP contribution < -0.4 is 5.73 Å². The summed E-state index contributed by atoms with van der Waals surface area (Å²) < 4.78 is 15.0. The number of primary amides is 1. The van der Waals surface area contributed by atoms with Gasteiger partial charge in [0.05, 0.1) is 13.7 Å². The van der Waals surface area contributed by atoms with Crippen molar-refractivity contribution in [3.63, 3.8) is 0 Å². The van der Waals surface area contributed by atoms with Crippen molar-refractivity contribution in [1.29, 1.82) is 0 Å². The van der Waals surface area contributed by atoms with Crippen LogP contribution in [-0.4, -0.2) is 57.1 Å². The molecule has 2 N–H and O–H groups in total. The second kappa shape index (κ2) is 9.63. The van der Waals surface area contributed by atoms with Gasteiger partial charge >= 0.3 is 12.0 Å². The molecule has 1 aliphatic rings. The lowest BCUT2D eigenvalue weighted by Gasteiger charge is -2.37. The summed E-state index contributed by atoms with van der Waals surface area (Å²) in [6, 6.07) is -0.336. The van der Waals surface area contributed by atoms with Gasteiger partial charge in [0.25, 0.3) is 0 Å². The molecular formula is C15H28N2O5. The lowest BCUT2D eigenvalue weighted by Crippen LogP contribution is -2.49. The Kier molecular flexibility index (Phi) is 8.19. The molecule has 0 aromatic rings. The maximum atomic E-state index is 11.7. The van der Waals surface area contributed by atoms with Gasteiger partial charge in [-0.15, -0.1) is 0 Å². The first kappa shape index (κ1) is 18.7. The molecule has 0 saturated heterocycles. The van der Waals surface area contributed by atoms with E-state index < -0.39 is 12.3 Å². The van der Waals surface area contributed by atoms with Crippen molar-refractivity contribution >= 4 is 12.0 Å². The van der Waals surface area contributed by atoms with Crippen LogP contribution in [0.2, 0.25) is 0 Å². The molecule has 0 spiro atoms.